The summed E-state index contributed by atoms with van der Waals surface area (Å²) in [5.41, 5.74) is 1.77. The maximum atomic E-state index is 12.4. The van der Waals surface area contributed by atoms with Gasteiger partial charge in [0.15, 0.2) is 0 Å². The van der Waals surface area contributed by atoms with E-state index < -0.39 is 0 Å². The molecule has 2 heterocycles. The van der Waals surface area contributed by atoms with Crippen LogP contribution in [0.15, 0.2) is 36.5 Å². The number of hydrogen-bond acceptors (Lipinski definition) is 3. The molecule has 1 N–H and O–H groups in total. The summed E-state index contributed by atoms with van der Waals surface area (Å²) in [5.74, 6) is 0.565. The maximum Gasteiger partial charge on any atom is 0.255 e. The summed E-state index contributed by atoms with van der Waals surface area (Å²) in [5, 5.41) is 7.36. The standard InChI is InChI=1S/C16H19N3O2/c1-2-21-15-6-4-3-5-14(15)16(20)18-12-8-10-19-13(11-12)7-9-17-19/h3-7,9,12H,2,8,10-11H2,1H3,(H,18,20). The normalized spacial score (nSPS) is 17.1. The third kappa shape index (κ3) is 2.91. The average Bonchev–Trinajstić information content (AvgIpc) is 2.95. The minimum absolute atomic E-state index is 0.0722. The van der Waals surface area contributed by atoms with Gasteiger partial charge in [-0.25, -0.2) is 0 Å². The minimum Gasteiger partial charge on any atom is -0.493 e. The number of hydrogen-bond donors (Lipinski definition) is 1. The first-order chi connectivity index (χ1) is 10.3. The number of amides is 1. The van der Waals surface area contributed by atoms with Crippen molar-refractivity contribution in [3.05, 3.63) is 47.8 Å². The number of fused-ring (bicyclic) bond motifs is 1. The van der Waals surface area contributed by atoms with Crippen molar-refractivity contribution in [2.75, 3.05) is 6.61 Å². The fourth-order valence-electron chi connectivity index (χ4n) is 2.69. The van der Waals surface area contributed by atoms with Crippen molar-refractivity contribution in [2.45, 2.75) is 32.4 Å². The molecule has 0 bridgehead atoms. The molecule has 21 heavy (non-hydrogen) atoms. The molecule has 110 valence electrons. The second kappa shape index (κ2) is 5.99. The molecule has 0 spiro atoms. The predicted molar refractivity (Wildman–Crippen MR) is 79.4 cm³/mol. The van der Waals surface area contributed by atoms with Gasteiger partial charge in [-0.1, -0.05) is 12.1 Å². The molecule has 1 amide bonds. The third-order valence-electron chi connectivity index (χ3n) is 3.72. The highest BCUT2D eigenvalue weighted by atomic mass is 16.5. The number of aryl methyl sites for hydroxylation is 1. The molecule has 1 aromatic heterocycles. The molecule has 0 radical (unpaired) electrons. The fourth-order valence-corrected chi connectivity index (χ4v) is 2.69. The number of carbonyl (C=O) groups is 1. The predicted octanol–water partition coefficient (Wildman–Crippen LogP) is 2.03. The van der Waals surface area contributed by atoms with Crippen LogP contribution < -0.4 is 10.1 Å². The monoisotopic (exact) mass is 285 g/mol. The molecule has 0 saturated heterocycles. The van der Waals surface area contributed by atoms with E-state index in [1.54, 1.807) is 6.07 Å². The number of aromatic nitrogens is 2. The zero-order valence-corrected chi connectivity index (χ0v) is 12.1. The highest BCUT2D eigenvalue weighted by Crippen LogP contribution is 2.19. The molecule has 1 atom stereocenters. The van der Waals surface area contributed by atoms with Crippen molar-refractivity contribution in [3.63, 3.8) is 0 Å². The SMILES string of the molecule is CCOc1ccccc1C(=O)NC1CCn2nccc2C1. The average molecular weight is 285 g/mol. The Balaban J connectivity index is 1.70. The van der Waals surface area contributed by atoms with Gasteiger partial charge in [-0.3, -0.25) is 9.48 Å². The Bertz CT molecular complexity index is 636. The summed E-state index contributed by atoms with van der Waals surface area (Å²) in [6.07, 6.45) is 3.53. The fraction of sp³-hybridized carbons (Fsp3) is 0.375. The van der Waals surface area contributed by atoms with Gasteiger partial charge in [0.25, 0.3) is 5.91 Å². The van der Waals surface area contributed by atoms with Crippen LogP contribution in [0.5, 0.6) is 5.75 Å². The molecule has 0 aliphatic carbocycles. The van der Waals surface area contributed by atoms with Crippen LogP contribution >= 0.6 is 0 Å². The lowest BCUT2D eigenvalue weighted by molar-refractivity contribution is 0.0926. The Kier molecular flexibility index (Phi) is 3.90. The Morgan fingerprint density at radius 2 is 2.29 bits per heavy atom. The van der Waals surface area contributed by atoms with Crippen LogP contribution in [0, 0.1) is 0 Å². The topological polar surface area (TPSA) is 56.1 Å². The van der Waals surface area contributed by atoms with Gasteiger partial charge < -0.3 is 10.1 Å². The molecule has 1 aliphatic rings. The number of nitrogens with one attached hydrogen (secondary N) is 1. The summed E-state index contributed by atoms with van der Waals surface area (Å²) in [6.45, 7) is 3.31. The lowest BCUT2D eigenvalue weighted by Crippen LogP contribution is -2.40. The van der Waals surface area contributed by atoms with Gasteiger partial charge in [-0.15, -0.1) is 0 Å². The Hall–Kier alpha value is -2.30. The van der Waals surface area contributed by atoms with Gasteiger partial charge >= 0.3 is 0 Å². The molecule has 1 aromatic carbocycles. The summed E-state index contributed by atoms with van der Waals surface area (Å²) in [7, 11) is 0. The quantitative estimate of drug-likeness (QED) is 0.935. The first kappa shape index (κ1) is 13.7. The zero-order chi connectivity index (χ0) is 14.7. The van der Waals surface area contributed by atoms with Crippen LogP contribution in [-0.2, 0) is 13.0 Å². The highest BCUT2D eigenvalue weighted by molar-refractivity contribution is 5.97. The van der Waals surface area contributed by atoms with E-state index in [0.29, 0.717) is 17.9 Å². The maximum absolute atomic E-state index is 12.4. The summed E-state index contributed by atoms with van der Waals surface area (Å²) < 4.78 is 7.51. The Morgan fingerprint density at radius 3 is 3.14 bits per heavy atom. The molecule has 2 aromatic rings. The molecule has 3 rings (SSSR count). The summed E-state index contributed by atoms with van der Waals surface area (Å²) in [4.78, 5) is 12.4. The Labute approximate surface area is 123 Å². The number of nitrogens with zero attached hydrogens (tertiary/aromatic N) is 2. The smallest absolute Gasteiger partial charge is 0.255 e. The van der Waals surface area contributed by atoms with E-state index in [-0.39, 0.29) is 11.9 Å². The second-order valence-electron chi connectivity index (χ2n) is 5.14. The lowest BCUT2D eigenvalue weighted by Gasteiger charge is -2.24. The van der Waals surface area contributed by atoms with E-state index in [9.17, 15) is 4.79 Å². The number of ether oxygens (including phenoxy) is 1. The van der Waals surface area contributed by atoms with Gasteiger partial charge in [0, 0.05) is 30.9 Å². The molecular weight excluding hydrogens is 266 g/mol. The molecular formula is C16H19N3O2. The van der Waals surface area contributed by atoms with Crippen LogP contribution in [0.3, 0.4) is 0 Å². The third-order valence-corrected chi connectivity index (χ3v) is 3.72. The molecule has 0 saturated carbocycles. The molecule has 5 nitrogen and oxygen atoms in total. The van der Waals surface area contributed by atoms with E-state index in [1.807, 2.05) is 42.1 Å². The first-order valence-corrected chi connectivity index (χ1v) is 7.31. The van der Waals surface area contributed by atoms with E-state index >= 15 is 0 Å². The second-order valence-corrected chi connectivity index (χ2v) is 5.14. The van der Waals surface area contributed by atoms with Crippen molar-refractivity contribution in [1.29, 1.82) is 0 Å². The summed E-state index contributed by atoms with van der Waals surface area (Å²) >= 11 is 0. The number of rotatable bonds is 4. The van der Waals surface area contributed by atoms with Crippen molar-refractivity contribution in [1.82, 2.24) is 15.1 Å². The van der Waals surface area contributed by atoms with Crippen molar-refractivity contribution < 1.29 is 9.53 Å². The van der Waals surface area contributed by atoms with Crippen molar-refractivity contribution in [3.8, 4) is 5.75 Å². The van der Waals surface area contributed by atoms with Crippen LogP contribution in [0.2, 0.25) is 0 Å². The van der Waals surface area contributed by atoms with Gasteiger partial charge in [-0.05, 0) is 31.5 Å². The summed E-state index contributed by atoms with van der Waals surface area (Å²) in [6, 6.07) is 9.51. The first-order valence-electron chi connectivity index (χ1n) is 7.31. The Morgan fingerprint density at radius 1 is 1.43 bits per heavy atom. The number of benzene rings is 1. The largest absolute Gasteiger partial charge is 0.493 e. The van der Waals surface area contributed by atoms with E-state index in [2.05, 4.69) is 10.4 Å². The molecule has 1 unspecified atom stereocenters. The van der Waals surface area contributed by atoms with Crippen LogP contribution in [-0.4, -0.2) is 28.3 Å². The lowest BCUT2D eigenvalue weighted by atomic mass is 10.0. The van der Waals surface area contributed by atoms with Gasteiger partial charge in [0.05, 0.1) is 12.2 Å². The van der Waals surface area contributed by atoms with Crippen molar-refractivity contribution in [2.24, 2.45) is 0 Å². The van der Waals surface area contributed by atoms with Crippen LogP contribution in [0.4, 0.5) is 0 Å². The van der Waals surface area contributed by atoms with Crippen LogP contribution in [0.1, 0.15) is 29.4 Å². The van der Waals surface area contributed by atoms with E-state index in [0.717, 1.165) is 19.4 Å². The zero-order valence-electron chi connectivity index (χ0n) is 12.1. The molecule has 1 aliphatic heterocycles. The minimum atomic E-state index is -0.0722. The van der Waals surface area contributed by atoms with Gasteiger partial charge in [0.2, 0.25) is 0 Å². The van der Waals surface area contributed by atoms with Gasteiger partial charge in [-0.2, -0.15) is 5.10 Å². The van der Waals surface area contributed by atoms with Gasteiger partial charge in [0.1, 0.15) is 5.75 Å². The highest BCUT2D eigenvalue weighted by Gasteiger charge is 2.22. The van der Waals surface area contributed by atoms with Crippen LogP contribution in [0.25, 0.3) is 0 Å². The van der Waals surface area contributed by atoms with E-state index in [1.165, 1.54) is 5.69 Å². The molecule has 5 heteroatoms. The number of carbonyl (C=O) groups excluding carboxylic acids is 1. The van der Waals surface area contributed by atoms with Crippen molar-refractivity contribution >= 4 is 5.91 Å². The molecule has 0 fully saturated rings. The number of para-hydroxylation sites is 1. The van der Waals surface area contributed by atoms with E-state index in [4.69, 9.17) is 4.74 Å².